The zero-order chi connectivity index (χ0) is 27.5. The van der Waals surface area contributed by atoms with Crippen LogP contribution in [0.5, 0.6) is 17.2 Å². The fraction of sp³-hybridized carbons (Fsp3) is 0.235. The molecular weight excluding hydrogens is 506 g/mol. The number of methoxy groups -OCH3 is 1. The third-order valence-corrected chi connectivity index (χ3v) is 7.06. The smallest absolute Gasteiger partial charge is 0.161 e. The fourth-order valence-corrected chi connectivity index (χ4v) is 4.72. The van der Waals surface area contributed by atoms with Crippen molar-refractivity contribution in [3.8, 4) is 17.2 Å². The first kappa shape index (κ1) is 28.3. The van der Waals surface area contributed by atoms with E-state index < -0.39 is 0 Å². The zero-order valence-corrected chi connectivity index (χ0v) is 23.7. The molecule has 0 atom stereocenters. The highest BCUT2D eigenvalue weighted by atomic mass is 35.5. The molecule has 0 spiro atoms. The summed E-state index contributed by atoms with van der Waals surface area (Å²) in [5, 5.41) is 0.658. The van der Waals surface area contributed by atoms with E-state index in [9.17, 15) is 0 Å². The molecule has 0 radical (unpaired) electrons. The molecule has 0 heterocycles. The number of hydrogen-bond donors (Lipinski definition) is 0. The molecule has 202 valence electrons. The second kappa shape index (κ2) is 14.4. The van der Waals surface area contributed by atoms with Gasteiger partial charge in [0.05, 0.1) is 12.1 Å². The average molecular weight is 542 g/mol. The Morgan fingerprint density at radius 3 is 1.97 bits per heavy atom. The van der Waals surface area contributed by atoms with Crippen molar-refractivity contribution in [3.63, 3.8) is 0 Å². The van der Waals surface area contributed by atoms with Gasteiger partial charge in [-0.25, -0.2) is 0 Å². The van der Waals surface area contributed by atoms with Crippen molar-refractivity contribution < 1.29 is 14.2 Å². The van der Waals surface area contributed by atoms with E-state index in [1.54, 1.807) is 7.11 Å². The Morgan fingerprint density at radius 1 is 0.692 bits per heavy atom. The third kappa shape index (κ3) is 7.66. The van der Waals surface area contributed by atoms with Crippen LogP contribution in [0.15, 0.2) is 103 Å². The molecule has 4 aromatic carbocycles. The average Bonchev–Trinajstić information content (AvgIpc) is 3.00. The standard InChI is InChI=1S/C34H36ClNO3/c1-4-36(5-2)22-23-38-30-19-16-27(17-20-30)33(34(35)28-14-10-7-11-15-28)29-18-21-31(32(24-29)37-3)39-25-26-12-8-6-9-13-26/h6-21,24H,4-5,22-23,25H2,1-3H3/b34-33+. The van der Waals surface area contributed by atoms with E-state index in [1.807, 2.05) is 91.0 Å². The van der Waals surface area contributed by atoms with Crippen molar-refractivity contribution in [1.29, 1.82) is 0 Å². The summed E-state index contributed by atoms with van der Waals surface area (Å²) in [4.78, 5) is 2.34. The number of halogens is 1. The Bertz CT molecular complexity index is 1330. The summed E-state index contributed by atoms with van der Waals surface area (Å²) in [5.41, 5.74) is 4.86. The molecule has 39 heavy (non-hydrogen) atoms. The normalized spacial score (nSPS) is 11.7. The van der Waals surface area contributed by atoms with Crippen molar-refractivity contribution in [2.45, 2.75) is 20.5 Å². The molecule has 0 aromatic heterocycles. The Hall–Kier alpha value is -3.73. The lowest BCUT2D eigenvalue weighted by atomic mass is 9.95. The van der Waals surface area contributed by atoms with Crippen LogP contribution in [0.25, 0.3) is 10.6 Å². The third-order valence-electron chi connectivity index (χ3n) is 6.65. The molecule has 0 aliphatic rings. The van der Waals surface area contributed by atoms with Gasteiger partial charge < -0.3 is 19.1 Å². The Balaban J connectivity index is 1.63. The van der Waals surface area contributed by atoms with Crippen molar-refractivity contribution in [2.75, 3.05) is 33.4 Å². The van der Waals surface area contributed by atoms with E-state index >= 15 is 0 Å². The number of hydrogen-bond acceptors (Lipinski definition) is 4. The van der Waals surface area contributed by atoms with Crippen molar-refractivity contribution in [2.24, 2.45) is 0 Å². The van der Waals surface area contributed by atoms with Gasteiger partial charge in [-0.15, -0.1) is 0 Å². The minimum absolute atomic E-state index is 0.458. The molecule has 0 fully saturated rings. The number of ether oxygens (including phenoxy) is 3. The maximum atomic E-state index is 7.08. The topological polar surface area (TPSA) is 30.9 Å². The highest BCUT2D eigenvalue weighted by molar-refractivity contribution is 6.53. The van der Waals surface area contributed by atoms with Crippen LogP contribution in [0.4, 0.5) is 0 Å². The molecule has 0 N–H and O–H groups in total. The minimum Gasteiger partial charge on any atom is -0.493 e. The highest BCUT2D eigenvalue weighted by Gasteiger charge is 2.16. The predicted octanol–water partition coefficient (Wildman–Crippen LogP) is 8.15. The van der Waals surface area contributed by atoms with Crippen LogP contribution in [0, 0.1) is 0 Å². The lowest BCUT2D eigenvalue weighted by Crippen LogP contribution is -2.27. The minimum atomic E-state index is 0.458. The van der Waals surface area contributed by atoms with Crippen molar-refractivity contribution in [3.05, 3.63) is 125 Å². The summed E-state index contributed by atoms with van der Waals surface area (Å²) in [6.45, 7) is 8.38. The Labute approximate surface area is 237 Å². The van der Waals surface area contributed by atoms with Gasteiger partial charge in [-0.2, -0.15) is 0 Å². The number of nitrogens with zero attached hydrogens (tertiary/aromatic N) is 1. The summed E-state index contributed by atoms with van der Waals surface area (Å²) in [6, 6.07) is 34.1. The van der Waals surface area contributed by atoms with Crippen LogP contribution in [-0.4, -0.2) is 38.3 Å². The maximum Gasteiger partial charge on any atom is 0.161 e. The maximum absolute atomic E-state index is 7.08. The van der Waals surface area contributed by atoms with E-state index in [0.717, 1.165) is 53.2 Å². The molecule has 0 bridgehead atoms. The summed E-state index contributed by atoms with van der Waals surface area (Å²) >= 11 is 7.08. The summed E-state index contributed by atoms with van der Waals surface area (Å²) in [7, 11) is 1.65. The molecule has 4 nitrogen and oxygen atoms in total. The predicted molar refractivity (Wildman–Crippen MR) is 162 cm³/mol. The lowest BCUT2D eigenvalue weighted by Gasteiger charge is -2.18. The molecule has 0 unspecified atom stereocenters. The fourth-order valence-electron chi connectivity index (χ4n) is 4.38. The largest absolute Gasteiger partial charge is 0.493 e. The lowest BCUT2D eigenvalue weighted by molar-refractivity contribution is 0.223. The first-order valence-electron chi connectivity index (χ1n) is 13.4. The second-order valence-corrected chi connectivity index (χ2v) is 9.47. The Morgan fingerprint density at radius 2 is 1.33 bits per heavy atom. The van der Waals surface area contributed by atoms with Gasteiger partial charge in [0.1, 0.15) is 19.0 Å². The summed E-state index contributed by atoms with van der Waals surface area (Å²) in [6.07, 6.45) is 0. The molecule has 5 heteroatoms. The summed E-state index contributed by atoms with van der Waals surface area (Å²) in [5.74, 6) is 2.16. The van der Waals surface area contributed by atoms with Crippen LogP contribution in [-0.2, 0) is 6.61 Å². The summed E-state index contributed by atoms with van der Waals surface area (Å²) < 4.78 is 17.8. The van der Waals surface area contributed by atoms with E-state index in [2.05, 4.69) is 30.9 Å². The number of rotatable bonds is 13. The van der Waals surface area contributed by atoms with Gasteiger partial charge in [0.25, 0.3) is 0 Å². The SMILES string of the molecule is CCN(CC)CCOc1ccc(/C(=C(\Cl)c2ccccc2)c2ccc(OCc3ccccc3)c(OC)c2)cc1. The van der Waals surface area contributed by atoms with Crippen LogP contribution in [0.2, 0.25) is 0 Å². The molecule has 0 saturated heterocycles. The molecule has 0 amide bonds. The van der Waals surface area contributed by atoms with Gasteiger partial charge in [0, 0.05) is 12.1 Å². The zero-order valence-electron chi connectivity index (χ0n) is 22.9. The number of benzene rings is 4. The molecule has 4 rings (SSSR count). The first-order valence-corrected chi connectivity index (χ1v) is 13.8. The van der Waals surface area contributed by atoms with E-state index in [0.29, 0.717) is 29.7 Å². The van der Waals surface area contributed by atoms with Crippen LogP contribution >= 0.6 is 11.6 Å². The van der Waals surface area contributed by atoms with Gasteiger partial charge in [0.2, 0.25) is 0 Å². The monoisotopic (exact) mass is 541 g/mol. The second-order valence-electron chi connectivity index (χ2n) is 9.09. The van der Waals surface area contributed by atoms with Crippen LogP contribution in [0.1, 0.15) is 36.1 Å². The molecule has 0 saturated carbocycles. The highest BCUT2D eigenvalue weighted by Crippen LogP contribution is 2.39. The Kier molecular flexibility index (Phi) is 10.5. The van der Waals surface area contributed by atoms with Gasteiger partial charge in [-0.1, -0.05) is 104 Å². The van der Waals surface area contributed by atoms with E-state index in [1.165, 1.54) is 0 Å². The van der Waals surface area contributed by atoms with E-state index in [4.69, 9.17) is 25.8 Å². The molecule has 0 aliphatic heterocycles. The van der Waals surface area contributed by atoms with Gasteiger partial charge >= 0.3 is 0 Å². The van der Waals surface area contributed by atoms with E-state index in [-0.39, 0.29) is 0 Å². The van der Waals surface area contributed by atoms with Crippen LogP contribution in [0.3, 0.4) is 0 Å². The molecule has 4 aromatic rings. The van der Waals surface area contributed by atoms with Crippen molar-refractivity contribution in [1.82, 2.24) is 4.90 Å². The van der Waals surface area contributed by atoms with Crippen molar-refractivity contribution >= 4 is 22.2 Å². The van der Waals surface area contributed by atoms with Gasteiger partial charge in [-0.3, -0.25) is 0 Å². The molecule has 0 aliphatic carbocycles. The number of likely N-dealkylation sites (N-methyl/N-ethyl adjacent to an activating group) is 1. The van der Waals surface area contributed by atoms with Gasteiger partial charge in [0.15, 0.2) is 11.5 Å². The molecular formula is C34H36ClNO3. The van der Waals surface area contributed by atoms with Crippen LogP contribution < -0.4 is 14.2 Å². The van der Waals surface area contributed by atoms with Gasteiger partial charge in [-0.05, 0) is 59.6 Å². The first-order chi connectivity index (χ1) is 19.1. The quantitative estimate of drug-likeness (QED) is 0.160.